The first-order chi connectivity index (χ1) is 10.3. The molecule has 0 radical (unpaired) electrons. The van der Waals surface area contributed by atoms with Crippen LogP contribution in [0, 0.1) is 0 Å². The molecule has 2 unspecified atom stereocenters. The molecule has 1 aromatic carbocycles. The molecule has 1 aromatic heterocycles. The van der Waals surface area contributed by atoms with Gasteiger partial charge in [0.15, 0.2) is 0 Å². The van der Waals surface area contributed by atoms with Crippen LogP contribution in [0.4, 0.5) is 0 Å². The molecule has 3 nitrogen and oxygen atoms in total. The molecular formula is C17H22N2OS. The molecule has 1 aliphatic heterocycles. The van der Waals surface area contributed by atoms with Crippen molar-refractivity contribution in [3.63, 3.8) is 0 Å². The van der Waals surface area contributed by atoms with Crippen LogP contribution in [0.5, 0.6) is 0 Å². The van der Waals surface area contributed by atoms with E-state index >= 15 is 0 Å². The fraction of sp³-hybridized carbons (Fsp3) is 0.412. The lowest BCUT2D eigenvalue weighted by molar-refractivity contribution is 0.0798. The Balaban J connectivity index is 1.70. The van der Waals surface area contributed by atoms with Gasteiger partial charge in [0, 0.05) is 11.4 Å². The molecule has 0 fully saturated rings. The molecule has 0 saturated heterocycles. The van der Waals surface area contributed by atoms with Crippen LogP contribution in [0.25, 0.3) is 0 Å². The lowest BCUT2D eigenvalue weighted by atomic mass is 9.99. The molecule has 4 heteroatoms. The number of fused-ring (bicyclic) bond motifs is 1. The second-order valence-corrected chi connectivity index (χ2v) is 6.65. The third-order valence-corrected chi connectivity index (χ3v) is 5.00. The first kappa shape index (κ1) is 14.7. The minimum atomic E-state index is 0.289. The molecule has 1 aliphatic rings. The Morgan fingerprint density at radius 1 is 1.29 bits per heavy atom. The maximum absolute atomic E-state index is 5.72. The summed E-state index contributed by atoms with van der Waals surface area (Å²) >= 11 is 1.82. The predicted octanol–water partition coefficient (Wildman–Crippen LogP) is 3.21. The van der Waals surface area contributed by atoms with E-state index in [1.807, 2.05) is 11.3 Å². The Kier molecular flexibility index (Phi) is 4.70. The molecule has 0 saturated carbocycles. The van der Waals surface area contributed by atoms with E-state index in [1.54, 1.807) is 0 Å². The Hall–Kier alpha value is -1.20. The first-order valence-electron chi connectivity index (χ1n) is 7.34. The number of hydrogen-bond acceptors (Lipinski definition) is 4. The molecule has 1 N–H and O–H groups in total. The lowest BCUT2D eigenvalue weighted by Gasteiger charge is -2.30. The Labute approximate surface area is 130 Å². The molecule has 0 spiro atoms. The van der Waals surface area contributed by atoms with Gasteiger partial charge >= 0.3 is 0 Å². The minimum absolute atomic E-state index is 0.289. The van der Waals surface area contributed by atoms with Gasteiger partial charge in [0.2, 0.25) is 0 Å². The molecular weight excluding hydrogens is 280 g/mol. The highest BCUT2D eigenvalue weighted by atomic mass is 32.1. The molecule has 2 aromatic rings. The van der Waals surface area contributed by atoms with Crippen LogP contribution in [-0.4, -0.2) is 32.1 Å². The zero-order chi connectivity index (χ0) is 14.7. The molecule has 0 amide bonds. The van der Waals surface area contributed by atoms with E-state index in [4.69, 9.17) is 4.74 Å². The van der Waals surface area contributed by atoms with Crippen molar-refractivity contribution in [1.29, 1.82) is 0 Å². The van der Waals surface area contributed by atoms with Crippen molar-refractivity contribution in [3.05, 3.63) is 57.8 Å². The summed E-state index contributed by atoms with van der Waals surface area (Å²) < 4.78 is 5.72. The maximum Gasteiger partial charge on any atom is 0.0721 e. The van der Waals surface area contributed by atoms with Gasteiger partial charge in [0.05, 0.1) is 25.3 Å². The highest BCUT2D eigenvalue weighted by Gasteiger charge is 2.22. The van der Waals surface area contributed by atoms with Crippen LogP contribution in [0.15, 0.2) is 41.8 Å². The summed E-state index contributed by atoms with van der Waals surface area (Å²) in [6, 6.07) is 13.6. The van der Waals surface area contributed by atoms with Crippen LogP contribution < -0.4 is 5.32 Å². The van der Waals surface area contributed by atoms with Gasteiger partial charge in [0.1, 0.15) is 0 Å². The van der Waals surface area contributed by atoms with Crippen molar-refractivity contribution >= 4 is 11.3 Å². The molecule has 21 heavy (non-hydrogen) atoms. The summed E-state index contributed by atoms with van der Waals surface area (Å²) in [4.78, 5) is 3.67. The van der Waals surface area contributed by atoms with Gasteiger partial charge in [-0.2, -0.15) is 0 Å². The van der Waals surface area contributed by atoms with Crippen LogP contribution in [0.3, 0.4) is 0 Å². The smallest absolute Gasteiger partial charge is 0.0721 e. The highest BCUT2D eigenvalue weighted by Crippen LogP contribution is 2.27. The number of rotatable bonds is 5. The van der Waals surface area contributed by atoms with Gasteiger partial charge in [-0.05, 0) is 36.7 Å². The summed E-state index contributed by atoms with van der Waals surface area (Å²) in [7, 11) is 4.27. The monoisotopic (exact) mass is 302 g/mol. The number of benzene rings is 1. The van der Waals surface area contributed by atoms with E-state index in [-0.39, 0.29) is 6.04 Å². The standard InChI is InChI=1S/C17H22N2OS/c1-19(2)16(17-8-5-9-21-17)10-18-15-12-20-11-13-6-3-4-7-14(13)15/h3-9,15-16,18H,10-12H2,1-2H3. The quantitative estimate of drug-likeness (QED) is 0.918. The normalized spacial score (nSPS) is 19.5. The van der Waals surface area contributed by atoms with Crippen molar-refractivity contribution in [1.82, 2.24) is 10.2 Å². The predicted molar refractivity (Wildman–Crippen MR) is 87.6 cm³/mol. The van der Waals surface area contributed by atoms with E-state index in [9.17, 15) is 0 Å². The number of ether oxygens (including phenoxy) is 1. The van der Waals surface area contributed by atoms with E-state index in [0.29, 0.717) is 6.04 Å². The van der Waals surface area contributed by atoms with Gasteiger partial charge in [-0.3, -0.25) is 0 Å². The second-order valence-electron chi connectivity index (χ2n) is 5.67. The molecule has 0 bridgehead atoms. The molecule has 0 aliphatic carbocycles. The maximum atomic E-state index is 5.72. The average molecular weight is 302 g/mol. The van der Waals surface area contributed by atoms with Crippen molar-refractivity contribution in [2.45, 2.75) is 18.7 Å². The molecule has 2 heterocycles. The number of nitrogens with zero attached hydrogens (tertiary/aromatic N) is 1. The van der Waals surface area contributed by atoms with Crippen molar-refractivity contribution in [3.8, 4) is 0 Å². The number of likely N-dealkylation sites (N-methyl/N-ethyl adjacent to an activating group) is 1. The Morgan fingerprint density at radius 2 is 2.14 bits per heavy atom. The fourth-order valence-electron chi connectivity index (χ4n) is 2.82. The summed E-state index contributed by atoms with van der Waals surface area (Å²) in [6.07, 6.45) is 0. The average Bonchev–Trinajstić information content (AvgIpc) is 3.01. The number of thiophene rings is 1. The van der Waals surface area contributed by atoms with E-state index < -0.39 is 0 Å². The Bertz CT molecular complexity index is 568. The third kappa shape index (κ3) is 3.35. The van der Waals surface area contributed by atoms with Crippen molar-refractivity contribution in [2.75, 3.05) is 27.2 Å². The van der Waals surface area contributed by atoms with Crippen LogP contribution in [0.2, 0.25) is 0 Å². The molecule has 112 valence electrons. The fourth-order valence-corrected chi connectivity index (χ4v) is 3.75. The highest BCUT2D eigenvalue weighted by molar-refractivity contribution is 7.10. The van der Waals surface area contributed by atoms with Gasteiger partial charge in [-0.25, -0.2) is 0 Å². The minimum Gasteiger partial charge on any atom is -0.375 e. The largest absolute Gasteiger partial charge is 0.375 e. The first-order valence-corrected chi connectivity index (χ1v) is 8.22. The van der Waals surface area contributed by atoms with Crippen LogP contribution in [0.1, 0.15) is 28.1 Å². The van der Waals surface area contributed by atoms with Crippen LogP contribution >= 0.6 is 11.3 Å². The Morgan fingerprint density at radius 3 is 2.90 bits per heavy atom. The second kappa shape index (κ2) is 6.71. The topological polar surface area (TPSA) is 24.5 Å². The number of hydrogen-bond donors (Lipinski definition) is 1. The van der Waals surface area contributed by atoms with Gasteiger partial charge in [0.25, 0.3) is 0 Å². The van der Waals surface area contributed by atoms with E-state index in [0.717, 1.165) is 19.8 Å². The van der Waals surface area contributed by atoms with Gasteiger partial charge in [-0.15, -0.1) is 11.3 Å². The van der Waals surface area contributed by atoms with Gasteiger partial charge < -0.3 is 15.0 Å². The third-order valence-electron chi connectivity index (χ3n) is 4.03. The summed E-state index contributed by atoms with van der Waals surface area (Å²) in [5, 5.41) is 5.83. The van der Waals surface area contributed by atoms with Crippen molar-refractivity contribution in [2.24, 2.45) is 0 Å². The van der Waals surface area contributed by atoms with Gasteiger partial charge in [-0.1, -0.05) is 30.3 Å². The van der Waals surface area contributed by atoms with Crippen LogP contribution in [-0.2, 0) is 11.3 Å². The summed E-state index contributed by atoms with van der Waals surface area (Å²) in [5.41, 5.74) is 2.69. The summed E-state index contributed by atoms with van der Waals surface area (Å²) in [6.45, 7) is 2.41. The number of nitrogens with one attached hydrogen (secondary N) is 1. The lowest BCUT2D eigenvalue weighted by Crippen LogP contribution is -2.36. The SMILES string of the molecule is CN(C)C(CNC1COCc2ccccc21)c1cccs1. The molecule has 3 rings (SSSR count). The summed E-state index contributed by atoms with van der Waals surface area (Å²) in [5.74, 6) is 0. The van der Waals surface area contributed by atoms with E-state index in [1.165, 1.54) is 16.0 Å². The zero-order valence-corrected chi connectivity index (χ0v) is 13.4. The van der Waals surface area contributed by atoms with E-state index in [2.05, 4.69) is 66.1 Å². The molecule has 2 atom stereocenters. The van der Waals surface area contributed by atoms with Crippen molar-refractivity contribution < 1.29 is 4.74 Å². The zero-order valence-electron chi connectivity index (χ0n) is 12.6.